The van der Waals surface area contributed by atoms with Crippen molar-refractivity contribution in [2.24, 2.45) is 0 Å². The van der Waals surface area contributed by atoms with Crippen molar-refractivity contribution >= 4 is 18.0 Å². The standard InChI is InChI=1S/C10H17FO6S/c1-2-10(11,18-17-16-14)9(13)15-8-6-4-3-5-7(8)12/h7-8,12,14H,2-6H2,1H3. The van der Waals surface area contributed by atoms with Crippen LogP contribution < -0.4 is 0 Å². The van der Waals surface area contributed by atoms with Gasteiger partial charge in [-0.3, -0.25) is 0 Å². The summed E-state index contributed by atoms with van der Waals surface area (Å²) in [5, 5.41) is 18.4. The Labute approximate surface area is 108 Å². The van der Waals surface area contributed by atoms with Crippen LogP contribution in [-0.4, -0.2) is 33.5 Å². The highest BCUT2D eigenvalue weighted by Crippen LogP contribution is 2.34. The fourth-order valence-corrected chi connectivity index (χ4v) is 2.12. The number of carbonyl (C=O) groups excluding carboxylic acids is 1. The van der Waals surface area contributed by atoms with Gasteiger partial charge in [-0.1, -0.05) is 18.4 Å². The largest absolute Gasteiger partial charge is 0.457 e. The number of hydrogen-bond donors (Lipinski definition) is 2. The predicted octanol–water partition coefficient (Wildman–Crippen LogP) is 1.98. The summed E-state index contributed by atoms with van der Waals surface area (Å²) >= 11 is 0.0267. The molecular formula is C10H17FO6S. The topological polar surface area (TPSA) is 85.2 Å². The minimum absolute atomic E-state index is 0.0267. The van der Waals surface area contributed by atoms with Crippen LogP contribution in [0.2, 0.25) is 0 Å². The molecule has 1 aliphatic carbocycles. The molecular weight excluding hydrogens is 267 g/mol. The van der Waals surface area contributed by atoms with Gasteiger partial charge in [0, 0.05) is 6.42 Å². The summed E-state index contributed by atoms with van der Waals surface area (Å²) in [6.45, 7) is 1.42. The molecule has 3 atom stereocenters. The van der Waals surface area contributed by atoms with Crippen LogP contribution in [0.4, 0.5) is 4.39 Å². The molecule has 1 fully saturated rings. The van der Waals surface area contributed by atoms with Crippen molar-refractivity contribution < 1.29 is 33.7 Å². The third kappa shape index (κ3) is 4.06. The molecule has 0 aromatic carbocycles. The van der Waals surface area contributed by atoms with E-state index in [2.05, 4.69) is 9.37 Å². The number of hydrogen-bond acceptors (Lipinski definition) is 7. The molecule has 0 saturated heterocycles. The molecule has 0 aromatic heterocycles. The lowest BCUT2D eigenvalue weighted by atomic mass is 9.95. The van der Waals surface area contributed by atoms with Gasteiger partial charge < -0.3 is 9.84 Å². The van der Waals surface area contributed by atoms with Crippen LogP contribution in [0.15, 0.2) is 0 Å². The summed E-state index contributed by atoms with van der Waals surface area (Å²) < 4.78 is 23.0. The first-order valence-electron chi connectivity index (χ1n) is 5.77. The second-order valence-electron chi connectivity index (χ2n) is 4.10. The molecule has 0 aliphatic heterocycles. The fraction of sp³-hybridized carbons (Fsp3) is 0.900. The molecule has 0 aromatic rings. The molecule has 8 heteroatoms. The first-order valence-corrected chi connectivity index (χ1v) is 6.51. The molecule has 2 N–H and O–H groups in total. The highest BCUT2D eigenvalue weighted by Gasteiger charge is 2.43. The van der Waals surface area contributed by atoms with Gasteiger partial charge in [0.25, 0.3) is 5.00 Å². The van der Waals surface area contributed by atoms with E-state index >= 15 is 0 Å². The summed E-state index contributed by atoms with van der Waals surface area (Å²) in [7, 11) is 0. The molecule has 1 saturated carbocycles. The second-order valence-corrected chi connectivity index (χ2v) is 5.05. The Hall–Kier alpha value is -0.410. The molecule has 1 rings (SSSR count). The summed E-state index contributed by atoms with van der Waals surface area (Å²) in [6.07, 6.45) is 1.06. The monoisotopic (exact) mass is 284 g/mol. The molecule has 0 amide bonds. The van der Waals surface area contributed by atoms with Crippen molar-refractivity contribution in [1.29, 1.82) is 0 Å². The minimum atomic E-state index is -2.47. The van der Waals surface area contributed by atoms with Crippen LogP contribution in [0.3, 0.4) is 0 Å². The molecule has 6 nitrogen and oxygen atoms in total. The van der Waals surface area contributed by atoms with E-state index in [9.17, 15) is 14.3 Å². The zero-order chi connectivity index (χ0) is 13.6. The molecule has 106 valence electrons. The van der Waals surface area contributed by atoms with Crippen LogP contribution in [-0.2, 0) is 18.9 Å². The predicted molar refractivity (Wildman–Crippen MR) is 60.9 cm³/mol. The molecule has 0 heterocycles. The maximum Gasteiger partial charge on any atom is 0.357 e. The van der Waals surface area contributed by atoms with Gasteiger partial charge in [-0.2, -0.15) is 0 Å². The van der Waals surface area contributed by atoms with Crippen molar-refractivity contribution in [2.45, 2.75) is 56.2 Å². The number of aliphatic hydroxyl groups is 1. The van der Waals surface area contributed by atoms with E-state index in [0.29, 0.717) is 12.8 Å². The number of alkyl halides is 1. The lowest BCUT2D eigenvalue weighted by Gasteiger charge is -2.29. The van der Waals surface area contributed by atoms with Gasteiger partial charge in [-0.15, -0.1) is 4.33 Å². The average molecular weight is 284 g/mol. The smallest absolute Gasteiger partial charge is 0.357 e. The molecule has 0 bridgehead atoms. The maximum atomic E-state index is 14.1. The fourth-order valence-electron chi connectivity index (χ4n) is 1.75. The molecule has 3 unspecified atom stereocenters. The Morgan fingerprint density at radius 2 is 2.17 bits per heavy atom. The first kappa shape index (κ1) is 15.6. The van der Waals surface area contributed by atoms with Crippen molar-refractivity contribution in [3.63, 3.8) is 0 Å². The van der Waals surface area contributed by atoms with E-state index < -0.39 is 23.2 Å². The zero-order valence-corrected chi connectivity index (χ0v) is 10.8. The Morgan fingerprint density at radius 3 is 2.72 bits per heavy atom. The van der Waals surface area contributed by atoms with E-state index in [1.807, 2.05) is 0 Å². The van der Waals surface area contributed by atoms with E-state index in [1.54, 1.807) is 0 Å². The molecule has 0 spiro atoms. The molecule has 0 radical (unpaired) electrons. The number of aliphatic hydroxyl groups excluding tert-OH is 1. The SMILES string of the molecule is CCC(F)(SOOO)C(=O)OC1CCCCC1O. The number of ether oxygens (including phenoxy) is 1. The number of halogens is 1. The van der Waals surface area contributed by atoms with Crippen molar-refractivity contribution in [3.05, 3.63) is 0 Å². The van der Waals surface area contributed by atoms with Crippen molar-refractivity contribution in [1.82, 2.24) is 0 Å². The molecule has 18 heavy (non-hydrogen) atoms. The average Bonchev–Trinajstić information content (AvgIpc) is 2.38. The quantitative estimate of drug-likeness (QED) is 0.334. The number of esters is 1. The minimum Gasteiger partial charge on any atom is -0.457 e. The van der Waals surface area contributed by atoms with Gasteiger partial charge in [-0.25, -0.2) is 14.4 Å². The lowest BCUT2D eigenvalue weighted by Crippen LogP contribution is -2.40. The van der Waals surface area contributed by atoms with E-state index in [-0.39, 0.29) is 18.5 Å². The van der Waals surface area contributed by atoms with Gasteiger partial charge in [-0.05, 0) is 19.3 Å². The van der Waals surface area contributed by atoms with Gasteiger partial charge in [0.2, 0.25) is 0 Å². The summed E-state index contributed by atoms with van der Waals surface area (Å²) in [4.78, 5) is 11.7. The zero-order valence-electron chi connectivity index (χ0n) is 10.0. The highest BCUT2D eigenvalue weighted by molar-refractivity contribution is 7.96. The Balaban J connectivity index is 2.55. The van der Waals surface area contributed by atoms with Crippen LogP contribution in [0.5, 0.6) is 0 Å². The van der Waals surface area contributed by atoms with E-state index in [4.69, 9.17) is 9.99 Å². The van der Waals surface area contributed by atoms with Gasteiger partial charge in [0.05, 0.1) is 18.1 Å². The van der Waals surface area contributed by atoms with Crippen LogP contribution >= 0.6 is 12.0 Å². The van der Waals surface area contributed by atoms with Crippen LogP contribution in [0.1, 0.15) is 39.0 Å². The van der Waals surface area contributed by atoms with E-state index in [0.717, 1.165) is 12.8 Å². The number of rotatable bonds is 6. The van der Waals surface area contributed by atoms with Crippen molar-refractivity contribution in [2.75, 3.05) is 0 Å². The van der Waals surface area contributed by atoms with Crippen molar-refractivity contribution in [3.8, 4) is 0 Å². The third-order valence-corrected chi connectivity index (χ3v) is 3.73. The first-order chi connectivity index (χ1) is 8.53. The summed E-state index contributed by atoms with van der Waals surface area (Å²) in [6, 6.07) is 0. The third-order valence-electron chi connectivity index (χ3n) is 2.88. The molecule has 1 aliphatic rings. The highest BCUT2D eigenvalue weighted by atomic mass is 32.2. The van der Waals surface area contributed by atoms with Gasteiger partial charge >= 0.3 is 5.97 Å². The van der Waals surface area contributed by atoms with Crippen LogP contribution in [0, 0.1) is 0 Å². The van der Waals surface area contributed by atoms with E-state index in [1.165, 1.54) is 6.92 Å². The Bertz CT molecular complexity index is 279. The van der Waals surface area contributed by atoms with Crippen LogP contribution in [0.25, 0.3) is 0 Å². The second kappa shape index (κ2) is 7.25. The van der Waals surface area contributed by atoms with Gasteiger partial charge in [0.1, 0.15) is 6.10 Å². The summed E-state index contributed by atoms with van der Waals surface area (Å²) in [5.41, 5.74) is 0. The van der Waals surface area contributed by atoms with Gasteiger partial charge in [0.15, 0.2) is 0 Å². The lowest BCUT2D eigenvalue weighted by molar-refractivity contribution is -0.432. The Kier molecular flexibility index (Phi) is 6.30. The summed E-state index contributed by atoms with van der Waals surface area (Å²) in [5.74, 6) is -1.14. The normalized spacial score (nSPS) is 27.6. The maximum absolute atomic E-state index is 14.1. The Morgan fingerprint density at radius 1 is 1.50 bits per heavy atom. The number of carbonyl (C=O) groups is 1.